The van der Waals surface area contributed by atoms with Crippen molar-refractivity contribution < 1.29 is 23.9 Å². The molecule has 190 valence electrons. The van der Waals surface area contributed by atoms with E-state index in [1.807, 2.05) is 27.7 Å². The van der Waals surface area contributed by atoms with Gasteiger partial charge in [0.2, 0.25) is 11.8 Å². The minimum Gasteiger partial charge on any atom is -0.497 e. The van der Waals surface area contributed by atoms with Gasteiger partial charge >= 0.3 is 0 Å². The van der Waals surface area contributed by atoms with E-state index in [1.165, 1.54) is 16.2 Å². The zero-order chi connectivity index (χ0) is 25.5. The van der Waals surface area contributed by atoms with Gasteiger partial charge in [0, 0.05) is 30.6 Å². The van der Waals surface area contributed by atoms with E-state index in [9.17, 15) is 14.4 Å². The molecule has 35 heavy (non-hydrogen) atoms. The maximum atomic E-state index is 13.0. The largest absolute Gasteiger partial charge is 0.497 e. The highest BCUT2D eigenvalue weighted by Gasteiger charge is 2.26. The number of ether oxygens (including phenoxy) is 2. The standard InChI is InChI=1S/C25H34N4O5S/c1-16(2)11-29(24(32)19-6-8-21(33-5)9-7-19)14-22(30)27-25-26-20(15-35-25)10-23(31)28-12-17(3)34-18(4)13-28/h6-9,15-18H,10-14H2,1-5H3,(H,26,27,30). The Hall–Kier alpha value is -2.98. The van der Waals surface area contributed by atoms with Crippen LogP contribution in [0.15, 0.2) is 29.6 Å². The fourth-order valence-electron chi connectivity index (χ4n) is 4.00. The highest BCUT2D eigenvalue weighted by atomic mass is 32.1. The van der Waals surface area contributed by atoms with Gasteiger partial charge in [-0.2, -0.15) is 0 Å². The van der Waals surface area contributed by atoms with Gasteiger partial charge < -0.3 is 24.6 Å². The second-order valence-electron chi connectivity index (χ2n) is 9.23. The van der Waals surface area contributed by atoms with Gasteiger partial charge in [-0.05, 0) is 44.0 Å². The lowest BCUT2D eigenvalue weighted by molar-refractivity contribution is -0.142. The summed E-state index contributed by atoms with van der Waals surface area (Å²) in [5.41, 5.74) is 1.09. The number of methoxy groups -OCH3 is 1. The van der Waals surface area contributed by atoms with Gasteiger partial charge in [0.15, 0.2) is 5.13 Å². The topological polar surface area (TPSA) is 101 Å². The number of thiazole rings is 1. The van der Waals surface area contributed by atoms with E-state index in [-0.39, 0.29) is 48.8 Å². The van der Waals surface area contributed by atoms with Crippen LogP contribution in [0, 0.1) is 5.92 Å². The molecule has 0 spiro atoms. The molecule has 1 aliphatic heterocycles. The number of hydrogen-bond acceptors (Lipinski definition) is 7. The zero-order valence-electron chi connectivity index (χ0n) is 20.9. The minimum atomic E-state index is -0.337. The maximum absolute atomic E-state index is 13.0. The van der Waals surface area contributed by atoms with Gasteiger partial charge in [-0.1, -0.05) is 13.8 Å². The number of nitrogens with zero attached hydrogens (tertiary/aromatic N) is 3. The Labute approximate surface area is 210 Å². The van der Waals surface area contributed by atoms with E-state index in [0.29, 0.717) is 41.8 Å². The number of carbonyl (C=O) groups is 3. The summed E-state index contributed by atoms with van der Waals surface area (Å²) in [5.74, 6) is 0.272. The monoisotopic (exact) mass is 502 g/mol. The van der Waals surface area contributed by atoms with Gasteiger partial charge in [-0.15, -0.1) is 11.3 Å². The normalized spacial score (nSPS) is 17.8. The molecular weight excluding hydrogens is 468 g/mol. The number of nitrogens with one attached hydrogen (secondary N) is 1. The van der Waals surface area contributed by atoms with Gasteiger partial charge in [0.1, 0.15) is 12.3 Å². The molecular formula is C25H34N4O5S. The smallest absolute Gasteiger partial charge is 0.254 e. The maximum Gasteiger partial charge on any atom is 0.254 e. The molecule has 0 aliphatic carbocycles. The first kappa shape index (κ1) is 26.6. The third-order valence-corrected chi connectivity index (χ3v) is 6.25. The van der Waals surface area contributed by atoms with Crippen LogP contribution in [0.2, 0.25) is 0 Å². The Balaban J connectivity index is 1.58. The number of hydrogen-bond donors (Lipinski definition) is 1. The Bertz CT molecular complexity index is 1010. The van der Waals surface area contributed by atoms with Crippen molar-refractivity contribution in [1.82, 2.24) is 14.8 Å². The molecule has 1 aromatic heterocycles. The highest BCUT2D eigenvalue weighted by molar-refractivity contribution is 7.13. The number of morpholine rings is 1. The van der Waals surface area contributed by atoms with Crippen LogP contribution in [0.5, 0.6) is 5.75 Å². The molecule has 1 saturated heterocycles. The van der Waals surface area contributed by atoms with E-state index in [2.05, 4.69) is 10.3 Å². The van der Waals surface area contributed by atoms with Crippen molar-refractivity contribution in [3.8, 4) is 5.75 Å². The molecule has 3 amide bonds. The van der Waals surface area contributed by atoms with Gasteiger partial charge in [0.05, 0.1) is 31.4 Å². The first-order valence-corrected chi connectivity index (χ1v) is 12.6. The van der Waals surface area contributed by atoms with Crippen molar-refractivity contribution in [3.05, 3.63) is 40.9 Å². The molecule has 2 unspecified atom stereocenters. The average molecular weight is 503 g/mol. The number of carbonyl (C=O) groups excluding carboxylic acids is 3. The van der Waals surface area contributed by atoms with Crippen LogP contribution in [0.4, 0.5) is 5.13 Å². The predicted molar refractivity (Wildman–Crippen MR) is 135 cm³/mol. The minimum absolute atomic E-state index is 0.00222. The molecule has 9 nitrogen and oxygen atoms in total. The summed E-state index contributed by atoms with van der Waals surface area (Å²) < 4.78 is 10.8. The summed E-state index contributed by atoms with van der Waals surface area (Å²) in [6, 6.07) is 6.81. The molecule has 2 aromatic rings. The van der Waals surface area contributed by atoms with Crippen LogP contribution < -0.4 is 10.1 Å². The lowest BCUT2D eigenvalue weighted by Gasteiger charge is -2.35. The predicted octanol–water partition coefficient (Wildman–Crippen LogP) is 3.07. The molecule has 1 N–H and O–H groups in total. The van der Waals surface area contributed by atoms with Crippen molar-refractivity contribution in [2.24, 2.45) is 5.92 Å². The summed E-state index contributed by atoms with van der Waals surface area (Å²) in [5, 5.41) is 4.95. The number of anilines is 1. The fourth-order valence-corrected chi connectivity index (χ4v) is 4.73. The highest BCUT2D eigenvalue weighted by Crippen LogP contribution is 2.19. The molecule has 3 rings (SSSR count). The zero-order valence-corrected chi connectivity index (χ0v) is 21.8. The Morgan fingerprint density at radius 1 is 1.20 bits per heavy atom. The van der Waals surface area contributed by atoms with Crippen molar-refractivity contribution in [3.63, 3.8) is 0 Å². The van der Waals surface area contributed by atoms with Gasteiger partial charge in [-0.3, -0.25) is 14.4 Å². The molecule has 2 atom stereocenters. The number of amides is 3. The average Bonchev–Trinajstić information content (AvgIpc) is 3.23. The molecule has 1 aromatic carbocycles. The number of aromatic nitrogens is 1. The number of benzene rings is 1. The van der Waals surface area contributed by atoms with Crippen LogP contribution in [-0.2, 0) is 20.7 Å². The fraction of sp³-hybridized carbons (Fsp3) is 0.520. The molecule has 2 heterocycles. The second-order valence-corrected chi connectivity index (χ2v) is 10.1. The Kier molecular flexibility index (Phi) is 9.22. The van der Waals surface area contributed by atoms with Crippen LogP contribution in [-0.4, -0.2) is 78.0 Å². The number of rotatable bonds is 9. The summed E-state index contributed by atoms with van der Waals surface area (Å²) in [4.78, 5) is 46.2. The Morgan fingerprint density at radius 3 is 2.46 bits per heavy atom. The van der Waals surface area contributed by atoms with Crippen molar-refractivity contribution >= 4 is 34.2 Å². The first-order valence-electron chi connectivity index (χ1n) is 11.8. The van der Waals surface area contributed by atoms with Gasteiger partial charge in [-0.25, -0.2) is 4.98 Å². The van der Waals surface area contributed by atoms with Crippen LogP contribution in [0.25, 0.3) is 0 Å². The van der Waals surface area contributed by atoms with E-state index < -0.39 is 0 Å². The van der Waals surface area contributed by atoms with E-state index in [4.69, 9.17) is 9.47 Å². The lowest BCUT2D eigenvalue weighted by Crippen LogP contribution is -2.48. The summed E-state index contributed by atoms with van der Waals surface area (Å²) >= 11 is 1.26. The second kappa shape index (κ2) is 12.1. The molecule has 0 saturated carbocycles. The quantitative estimate of drug-likeness (QED) is 0.566. The molecule has 1 fully saturated rings. The van der Waals surface area contributed by atoms with Crippen LogP contribution in [0.1, 0.15) is 43.7 Å². The van der Waals surface area contributed by atoms with Crippen molar-refractivity contribution in [2.75, 3.05) is 38.6 Å². The summed E-state index contributed by atoms with van der Waals surface area (Å²) in [7, 11) is 1.57. The van der Waals surface area contributed by atoms with Crippen molar-refractivity contribution in [1.29, 1.82) is 0 Å². The molecule has 0 bridgehead atoms. The van der Waals surface area contributed by atoms with E-state index >= 15 is 0 Å². The van der Waals surface area contributed by atoms with Crippen molar-refractivity contribution in [2.45, 2.75) is 46.3 Å². The van der Waals surface area contributed by atoms with Crippen LogP contribution in [0.3, 0.4) is 0 Å². The lowest BCUT2D eigenvalue weighted by atomic mass is 10.1. The molecule has 10 heteroatoms. The van der Waals surface area contributed by atoms with Gasteiger partial charge in [0.25, 0.3) is 5.91 Å². The summed E-state index contributed by atoms with van der Waals surface area (Å²) in [6.07, 6.45) is 0.172. The third-order valence-electron chi connectivity index (χ3n) is 5.45. The first-order chi connectivity index (χ1) is 16.6. The van der Waals surface area contributed by atoms with E-state index in [1.54, 1.807) is 41.7 Å². The van der Waals surface area contributed by atoms with E-state index in [0.717, 1.165) is 0 Å². The summed E-state index contributed by atoms with van der Waals surface area (Å²) in [6.45, 7) is 9.35. The van der Waals surface area contributed by atoms with Crippen LogP contribution >= 0.6 is 11.3 Å². The molecule has 0 radical (unpaired) electrons. The SMILES string of the molecule is COc1ccc(C(=O)N(CC(=O)Nc2nc(CC(=O)N3CC(C)OC(C)C3)cs2)CC(C)C)cc1. The molecule has 1 aliphatic rings. The Morgan fingerprint density at radius 2 is 1.86 bits per heavy atom. The third kappa shape index (κ3) is 7.76.